The van der Waals surface area contributed by atoms with Crippen LogP contribution < -0.4 is 5.32 Å². The molecular formula is C24H24ClN3O2. The number of nitrogens with one attached hydrogen (secondary N) is 1. The number of rotatable bonds is 3. The number of carbonyl (C=O) groups excluding carboxylic acids is 2. The fraction of sp³-hybridized carbons (Fsp3) is 0.250. The molecule has 0 aliphatic carbocycles. The van der Waals surface area contributed by atoms with Gasteiger partial charge in [0.25, 0.3) is 0 Å². The van der Waals surface area contributed by atoms with Crippen molar-refractivity contribution in [3.63, 3.8) is 0 Å². The van der Waals surface area contributed by atoms with Gasteiger partial charge in [-0.3, -0.25) is 4.79 Å². The van der Waals surface area contributed by atoms with Crippen LogP contribution in [0.15, 0.2) is 66.7 Å². The van der Waals surface area contributed by atoms with Crippen LogP contribution in [0.2, 0.25) is 5.02 Å². The number of nitrogens with zero attached hydrogens (tertiary/aromatic N) is 2. The van der Waals surface area contributed by atoms with E-state index in [0.29, 0.717) is 43.3 Å². The van der Waals surface area contributed by atoms with Crippen LogP contribution in [0.4, 0.5) is 10.5 Å². The topological polar surface area (TPSA) is 52.7 Å². The van der Waals surface area contributed by atoms with Gasteiger partial charge in [0, 0.05) is 36.9 Å². The summed E-state index contributed by atoms with van der Waals surface area (Å²) in [5.41, 5.74) is 1.68. The molecule has 3 aromatic carbocycles. The summed E-state index contributed by atoms with van der Waals surface area (Å²) in [5.74, 6) is 0.0994. The summed E-state index contributed by atoms with van der Waals surface area (Å²) in [6.45, 7) is 2.32. The molecule has 1 aliphatic rings. The summed E-state index contributed by atoms with van der Waals surface area (Å²) in [4.78, 5) is 29.1. The van der Waals surface area contributed by atoms with E-state index in [4.69, 9.17) is 11.6 Å². The fourth-order valence-corrected chi connectivity index (χ4v) is 3.96. The highest BCUT2D eigenvalue weighted by molar-refractivity contribution is 6.30. The highest BCUT2D eigenvalue weighted by Crippen LogP contribution is 2.18. The van der Waals surface area contributed by atoms with Gasteiger partial charge in [-0.15, -0.1) is 0 Å². The number of fused-ring (bicyclic) bond motifs is 1. The number of amides is 3. The number of hydrogen-bond donors (Lipinski definition) is 1. The first-order valence-corrected chi connectivity index (χ1v) is 10.5. The molecule has 30 heavy (non-hydrogen) atoms. The second-order valence-electron chi connectivity index (χ2n) is 7.52. The van der Waals surface area contributed by atoms with Gasteiger partial charge in [0.1, 0.15) is 0 Å². The van der Waals surface area contributed by atoms with Crippen molar-refractivity contribution >= 4 is 40.0 Å². The molecule has 0 unspecified atom stereocenters. The second kappa shape index (κ2) is 9.18. The van der Waals surface area contributed by atoms with E-state index in [2.05, 4.69) is 29.6 Å². The van der Waals surface area contributed by atoms with Crippen LogP contribution in [0.1, 0.15) is 12.0 Å². The standard InChI is InChI=1S/C24H24ClN3O2/c25-21-7-3-8-22(17-21)26-24(30)28-12-4-11-27(13-14-28)23(29)16-18-9-10-19-5-1-2-6-20(19)15-18/h1-3,5-10,15,17H,4,11-14,16H2,(H,26,30). The van der Waals surface area contributed by atoms with Gasteiger partial charge < -0.3 is 15.1 Å². The van der Waals surface area contributed by atoms with Gasteiger partial charge in [0.05, 0.1) is 6.42 Å². The van der Waals surface area contributed by atoms with Gasteiger partial charge in [-0.05, 0) is 41.0 Å². The Balaban J connectivity index is 1.34. The van der Waals surface area contributed by atoms with Gasteiger partial charge in [-0.25, -0.2) is 4.79 Å². The zero-order valence-electron chi connectivity index (χ0n) is 16.7. The molecule has 3 amide bonds. The van der Waals surface area contributed by atoms with Gasteiger partial charge in [0.15, 0.2) is 0 Å². The molecule has 5 nitrogen and oxygen atoms in total. The summed E-state index contributed by atoms with van der Waals surface area (Å²) >= 11 is 5.98. The van der Waals surface area contributed by atoms with E-state index in [0.717, 1.165) is 17.4 Å². The van der Waals surface area contributed by atoms with E-state index in [1.807, 2.05) is 23.1 Å². The molecule has 0 atom stereocenters. The lowest BCUT2D eigenvalue weighted by Crippen LogP contribution is -2.39. The average molecular weight is 422 g/mol. The lowest BCUT2D eigenvalue weighted by atomic mass is 10.0. The van der Waals surface area contributed by atoms with Crippen LogP contribution in [0.5, 0.6) is 0 Å². The Labute approximate surface area is 181 Å². The Bertz CT molecular complexity index is 1070. The van der Waals surface area contributed by atoms with Gasteiger partial charge >= 0.3 is 6.03 Å². The van der Waals surface area contributed by atoms with Gasteiger partial charge in [-0.2, -0.15) is 0 Å². The van der Waals surface area contributed by atoms with E-state index in [1.54, 1.807) is 29.2 Å². The van der Waals surface area contributed by atoms with Crippen molar-refractivity contribution in [2.45, 2.75) is 12.8 Å². The maximum atomic E-state index is 12.9. The zero-order valence-corrected chi connectivity index (χ0v) is 17.4. The third-order valence-corrected chi connectivity index (χ3v) is 5.62. The van der Waals surface area contributed by atoms with Gasteiger partial charge in [0.2, 0.25) is 5.91 Å². The minimum atomic E-state index is -0.166. The Morgan fingerprint density at radius 1 is 0.833 bits per heavy atom. The highest BCUT2D eigenvalue weighted by Gasteiger charge is 2.22. The van der Waals surface area contributed by atoms with Crippen LogP contribution in [0.3, 0.4) is 0 Å². The SMILES string of the molecule is O=C(Cc1ccc2ccccc2c1)N1CCCN(C(=O)Nc2cccc(Cl)c2)CC1. The summed E-state index contributed by atoms with van der Waals surface area (Å²) in [7, 11) is 0. The molecule has 1 saturated heterocycles. The van der Waals surface area contributed by atoms with Crippen LogP contribution in [-0.2, 0) is 11.2 Å². The molecule has 0 saturated carbocycles. The molecule has 1 heterocycles. The van der Waals surface area contributed by atoms with E-state index < -0.39 is 0 Å². The van der Waals surface area contributed by atoms with Crippen LogP contribution >= 0.6 is 11.6 Å². The molecular weight excluding hydrogens is 398 g/mol. The lowest BCUT2D eigenvalue weighted by Gasteiger charge is -2.22. The zero-order chi connectivity index (χ0) is 20.9. The van der Waals surface area contributed by atoms with Crippen molar-refractivity contribution < 1.29 is 9.59 Å². The summed E-state index contributed by atoms with van der Waals surface area (Å²) < 4.78 is 0. The van der Waals surface area contributed by atoms with Crippen molar-refractivity contribution in [2.75, 3.05) is 31.5 Å². The predicted octanol–water partition coefficient (Wildman–Crippen LogP) is 4.80. The molecule has 0 spiro atoms. The van der Waals surface area contributed by atoms with E-state index in [1.165, 1.54) is 5.39 Å². The largest absolute Gasteiger partial charge is 0.341 e. The fourth-order valence-electron chi connectivity index (χ4n) is 3.77. The number of halogens is 1. The van der Waals surface area contributed by atoms with Gasteiger partial charge in [-0.1, -0.05) is 60.1 Å². The lowest BCUT2D eigenvalue weighted by molar-refractivity contribution is -0.130. The number of urea groups is 1. The Morgan fingerprint density at radius 2 is 1.60 bits per heavy atom. The van der Waals surface area contributed by atoms with Crippen molar-refractivity contribution in [3.8, 4) is 0 Å². The molecule has 0 radical (unpaired) electrons. The third-order valence-electron chi connectivity index (χ3n) is 5.38. The third kappa shape index (κ3) is 4.92. The molecule has 4 rings (SSSR count). The highest BCUT2D eigenvalue weighted by atomic mass is 35.5. The Morgan fingerprint density at radius 3 is 2.43 bits per heavy atom. The molecule has 1 aliphatic heterocycles. The maximum absolute atomic E-state index is 12.9. The van der Waals surface area contributed by atoms with Crippen molar-refractivity contribution in [2.24, 2.45) is 0 Å². The normalized spacial score (nSPS) is 14.4. The molecule has 0 bridgehead atoms. The summed E-state index contributed by atoms with van der Waals surface area (Å²) in [6, 6.07) is 21.2. The molecule has 3 aromatic rings. The summed E-state index contributed by atoms with van der Waals surface area (Å²) in [6.07, 6.45) is 1.13. The number of carbonyl (C=O) groups is 2. The maximum Gasteiger partial charge on any atom is 0.321 e. The molecule has 6 heteroatoms. The monoisotopic (exact) mass is 421 g/mol. The molecule has 1 fully saturated rings. The molecule has 0 aromatic heterocycles. The second-order valence-corrected chi connectivity index (χ2v) is 7.96. The average Bonchev–Trinajstić information content (AvgIpc) is 3.00. The van der Waals surface area contributed by atoms with Crippen molar-refractivity contribution in [1.29, 1.82) is 0 Å². The number of hydrogen-bond acceptors (Lipinski definition) is 2. The quantitative estimate of drug-likeness (QED) is 0.660. The van der Waals surface area contributed by atoms with E-state index in [9.17, 15) is 9.59 Å². The Kier molecular flexibility index (Phi) is 6.19. The first-order chi connectivity index (χ1) is 14.6. The van der Waals surface area contributed by atoms with Crippen LogP contribution in [-0.4, -0.2) is 47.9 Å². The summed E-state index contributed by atoms with van der Waals surface area (Å²) in [5, 5.41) is 5.77. The van der Waals surface area contributed by atoms with Crippen LogP contribution in [0, 0.1) is 0 Å². The Hall–Kier alpha value is -3.05. The molecule has 1 N–H and O–H groups in total. The first-order valence-electron chi connectivity index (χ1n) is 10.2. The van der Waals surface area contributed by atoms with Crippen LogP contribution in [0.25, 0.3) is 10.8 Å². The number of anilines is 1. The smallest absolute Gasteiger partial charge is 0.321 e. The number of benzene rings is 3. The predicted molar refractivity (Wildman–Crippen MR) is 121 cm³/mol. The van der Waals surface area contributed by atoms with Crippen molar-refractivity contribution in [3.05, 3.63) is 77.3 Å². The first kappa shape index (κ1) is 20.2. The minimum absolute atomic E-state index is 0.0994. The van der Waals surface area contributed by atoms with Crippen molar-refractivity contribution in [1.82, 2.24) is 9.80 Å². The minimum Gasteiger partial charge on any atom is -0.341 e. The molecule has 154 valence electrons. The van der Waals surface area contributed by atoms with E-state index in [-0.39, 0.29) is 11.9 Å². The van der Waals surface area contributed by atoms with E-state index >= 15 is 0 Å².